The second kappa shape index (κ2) is 7.48. The fourth-order valence-corrected chi connectivity index (χ4v) is 3.78. The molecule has 0 atom stereocenters. The highest BCUT2D eigenvalue weighted by Crippen LogP contribution is 2.34. The molecule has 4 rings (SSSR count). The number of nitrogens with one attached hydrogen (secondary N) is 1. The van der Waals surface area contributed by atoms with Gasteiger partial charge in [0, 0.05) is 30.3 Å². The van der Waals surface area contributed by atoms with Crippen LogP contribution in [0.4, 0.5) is 5.69 Å². The topological polar surface area (TPSA) is 92.5 Å². The molecule has 3 aromatic rings. The molecule has 0 aromatic heterocycles. The predicted molar refractivity (Wildman–Crippen MR) is 117 cm³/mol. The van der Waals surface area contributed by atoms with Crippen molar-refractivity contribution >= 4 is 34.2 Å². The van der Waals surface area contributed by atoms with Gasteiger partial charge in [0.25, 0.3) is 5.91 Å². The summed E-state index contributed by atoms with van der Waals surface area (Å²) in [6.45, 7) is 5.65. The highest BCUT2D eigenvalue weighted by molar-refractivity contribution is 6.05. The van der Waals surface area contributed by atoms with Crippen molar-refractivity contribution in [1.82, 2.24) is 4.90 Å². The number of hydrogen-bond acceptors (Lipinski definition) is 3. The Hall–Kier alpha value is -3.93. The third-order valence-corrected chi connectivity index (χ3v) is 5.25. The van der Waals surface area contributed by atoms with E-state index in [4.69, 9.17) is 5.73 Å². The molecular formula is C24H21N3O3. The van der Waals surface area contributed by atoms with Gasteiger partial charge < -0.3 is 16.0 Å². The van der Waals surface area contributed by atoms with Crippen LogP contribution >= 0.6 is 0 Å². The first kappa shape index (κ1) is 19.4. The van der Waals surface area contributed by atoms with Gasteiger partial charge in [-0.1, -0.05) is 36.9 Å². The molecule has 1 aliphatic rings. The van der Waals surface area contributed by atoms with E-state index in [0.29, 0.717) is 12.1 Å². The SMILES string of the molecule is C=C(CN1Cc2c(ccc3ccc(-c4cccc(NC(C)=O)c4)cc23)C1=O)C(N)=O. The number of nitrogens with zero attached hydrogens (tertiary/aromatic N) is 1. The molecule has 0 fully saturated rings. The van der Waals surface area contributed by atoms with Crippen LogP contribution in [-0.4, -0.2) is 29.2 Å². The fraction of sp³-hybridized carbons (Fsp3) is 0.125. The molecular weight excluding hydrogens is 378 g/mol. The number of anilines is 1. The minimum atomic E-state index is -0.607. The standard InChI is InChI=1S/C24H21N3O3/c1-14(23(25)29)12-27-13-22-20(24(27)30)9-8-16-6-7-18(11-21(16)22)17-4-3-5-19(10-17)26-15(2)28/h3-11H,1,12-13H2,2H3,(H2,25,29)(H,26,28). The number of rotatable bonds is 5. The highest BCUT2D eigenvalue weighted by atomic mass is 16.2. The van der Waals surface area contributed by atoms with E-state index in [2.05, 4.69) is 18.0 Å². The van der Waals surface area contributed by atoms with E-state index < -0.39 is 5.91 Å². The minimum Gasteiger partial charge on any atom is -0.366 e. The Bertz CT molecular complexity index is 1230. The summed E-state index contributed by atoms with van der Waals surface area (Å²) in [4.78, 5) is 37.1. The number of amides is 3. The quantitative estimate of drug-likeness (QED) is 0.644. The summed E-state index contributed by atoms with van der Waals surface area (Å²) in [6.07, 6.45) is 0. The lowest BCUT2D eigenvalue weighted by molar-refractivity contribution is -0.115. The summed E-state index contributed by atoms with van der Waals surface area (Å²) in [7, 11) is 0. The number of benzene rings is 3. The predicted octanol–water partition coefficient (Wildman–Crippen LogP) is 3.46. The van der Waals surface area contributed by atoms with Gasteiger partial charge in [-0.2, -0.15) is 0 Å². The van der Waals surface area contributed by atoms with Gasteiger partial charge in [0.05, 0.1) is 6.54 Å². The average molecular weight is 399 g/mol. The van der Waals surface area contributed by atoms with Crippen LogP contribution in [0.25, 0.3) is 21.9 Å². The number of primary amides is 1. The summed E-state index contributed by atoms with van der Waals surface area (Å²) >= 11 is 0. The molecule has 6 nitrogen and oxygen atoms in total. The first-order valence-electron chi connectivity index (χ1n) is 9.54. The Balaban J connectivity index is 1.73. The number of hydrogen-bond donors (Lipinski definition) is 2. The Morgan fingerprint density at radius 3 is 2.57 bits per heavy atom. The zero-order valence-electron chi connectivity index (χ0n) is 16.6. The molecule has 3 aromatic carbocycles. The molecule has 6 heteroatoms. The fourth-order valence-electron chi connectivity index (χ4n) is 3.78. The van der Waals surface area contributed by atoms with Crippen LogP contribution in [0.1, 0.15) is 22.8 Å². The molecule has 0 radical (unpaired) electrons. The summed E-state index contributed by atoms with van der Waals surface area (Å²) in [5.74, 6) is -0.864. The van der Waals surface area contributed by atoms with E-state index >= 15 is 0 Å². The molecule has 0 unspecified atom stereocenters. The molecule has 3 amide bonds. The molecule has 0 saturated heterocycles. The molecule has 30 heavy (non-hydrogen) atoms. The molecule has 1 heterocycles. The Morgan fingerprint density at radius 2 is 1.83 bits per heavy atom. The van der Waals surface area contributed by atoms with Gasteiger partial charge in [-0.25, -0.2) is 0 Å². The van der Waals surface area contributed by atoms with Crippen molar-refractivity contribution in [1.29, 1.82) is 0 Å². The molecule has 0 spiro atoms. The normalized spacial score (nSPS) is 12.7. The monoisotopic (exact) mass is 399 g/mol. The van der Waals surface area contributed by atoms with E-state index in [-0.39, 0.29) is 23.9 Å². The number of fused-ring (bicyclic) bond motifs is 3. The maximum atomic E-state index is 12.8. The van der Waals surface area contributed by atoms with Crippen LogP contribution in [0.15, 0.2) is 66.7 Å². The van der Waals surface area contributed by atoms with Gasteiger partial charge in [0.15, 0.2) is 0 Å². The van der Waals surface area contributed by atoms with Crippen LogP contribution in [0.3, 0.4) is 0 Å². The van der Waals surface area contributed by atoms with Gasteiger partial charge >= 0.3 is 0 Å². The van der Waals surface area contributed by atoms with Crippen LogP contribution in [0.2, 0.25) is 0 Å². The second-order valence-electron chi connectivity index (χ2n) is 7.42. The van der Waals surface area contributed by atoms with E-state index in [0.717, 1.165) is 33.2 Å². The van der Waals surface area contributed by atoms with Crippen LogP contribution in [0.5, 0.6) is 0 Å². The largest absolute Gasteiger partial charge is 0.366 e. The molecule has 1 aliphatic heterocycles. The van der Waals surface area contributed by atoms with Gasteiger partial charge in [-0.15, -0.1) is 0 Å². The number of nitrogens with two attached hydrogens (primary N) is 1. The van der Waals surface area contributed by atoms with Crippen molar-refractivity contribution in [2.75, 3.05) is 11.9 Å². The van der Waals surface area contributed by atoms with Crippen molar-refractivity contribution < 1.29 is 14.4 Å². The summed E-state index contributed by atoms with van der Waals surface area (Å²) in [5.41, 5.74) is 9.71. The van der Waals surface area contributed by atoms with Gasteiger partial charge in [0.2, 0.25) is 11.8 Å². The number of carbonyl (C=O) groups excluding carboxylic acids is 3. The average Bonchev–Trinajstić information content (AvgIpc) is 3.03. The second-order valence-corrected chi connectivity index (χ2v) is 7.42. The Morgan fingerprint density at radius 1 is 1.10 bits per heavy atom. The minimum absolute atomic E-state index is 0.114. The molecule has 150 valence electrons. The maximum absolute atomic E-state index is 12.8. The van der Waals surface area contributed by atoms with Gasteiger partial charge in [-0.05, 0) is 51.7 Å². The third kappa shape index (κ3) is 3.55. The van der Waals surface area contributed by atoms with Gasteiger partial charge in [0.1, 0.15) is 0 Å². The first-order valence-corrected chi connectivity index (χ1v) is 9.54. The van der Waals surface area contributed by atoms with Crippen LogP contribution in [-0.2, 0) is 16.1 Å². The first-order chi connectivity index (χ1) is 14.3. The third-order valence-electron chi connectivity index (χ3n) is 5.25. The zero-order valence-corrected chi connectivity index (χ0v) is 16.6. The summed E-state index contributed by atoms with van der Waals surface area (Å²) < 4.78 is 0. The maximum Gasteiger partial charge on any atom is 0.254 e. The zero-order chi connectivity index (χ0) is 21.4. The van der Waals surface area contributed by atoms with Crippen molar-refractivity contribution in [2.24, 2.45) is 5.73 Å². The molecule has 0 saturated carbocycles. The lowest BCUT2D eigenvalue weighted by Crippen LogP contribution is -2.30. The van der Waals surface area contributed by atoms with E-state index in [9.17, 15) is 14.4 Å². The lowest BCUT2D eigenvalue weighted by atomic mass is 9.96. The molecule has 3 N–H and O–H groups in total. The smallest absolute Gasteiger partial charge is 0.254 e. The van der Waals surface area contributed by atoms with Crippen molar-refractivity contribution in [3.63, 3.8) is 0 Å². The van der Waals surface area contributed by atoms with Crippen LogP contribution < -0.4 is 11.1 Å². The molecule has 0 bridgehead atoms. The van der Waals surface area contributed by atoms with E-state index in [1.54, 1.807) is 4.90 Å². The van der Waals surface area contributed by atoms with Gasteiger partial charge in [-0.3, -0.25) is 14.4 Å². The van der Waals surface area contributed by atoms with Crippen molar-refractivity contribution in [2.45, 2.75) is 13.5 Å². The van der Waals surface area contributed by atoms with E-state index in [1.807, 2.05) is 48.5 Å². The number of carbonyl (C=O) groups is 3. The van der Waals surface area contributed by atoms with Crippen molar-refractivity contribution in [3.05, 3.63) is 77.9 Å². The molecule has 0 aliphatic carbocycles. The summed E-state index contributed by atoms with van der Waals surface area (Å²) in [5, 5.41) is 4.81. The Labute approximate surface area is 174 Å². The van der Waals surface area contributed by atoms with E-state index in [1.165, 1.54) is 6.92 Å². The summed E-state index contributed by atoms with van der Waals surface area (Å²) in [6, 6.07) is 17.5. The Kier molecular flexibility index (Phi) is 4.83. The highest BCUT2D eigenvalue weighted by Gasteiger charge is 2.29. The van der Waals surface area contributed by atoms with Crippen LogP contribution in [0, 0.1) is 0 Å². The lowest BCUT2D eigenvalue weighted by Gasteiger charge is -2.15. The van der Waals surface area contributed by atoms with Crippen molar-refractivity contribution in [3.8, 4) is 11.1 Å².